The summed E-state index contributed by atoms with van der Waals surface area (Å²) in [5.41, 5.74) is 3.88. The van der Waals surface area contributed by atoms with Gasteiger partial charge in [0.05, 0.1) is 20.3 Å². The van der Waals surface area contributed by atoms with Crippen LogP contribution in [0.1, 0.15) is 11.6 Å². The van der Waals surface area contributed by atoms with Crippen LogP contribution in [0.25, 0.3) is 0 Å². The number of benzene rings is 3. The highest BCUT2D eigenvalue weighted by atomic mass is 19.1. The molecule has 0 spiro atoms. The van der Waals surface area contributed by atoms with Gasteiger partial charge in [0, 0.05) is 69.9 Å². The summed E-state index contributed by atoms with van der Waals surface area (Å²) in [6, 6.07) is 20.0. The molecule has 1 unspecified atom stereocenters. The Morgan fingerprint density at radius 2 is 1.58 bits per heavy atom. The van der Waals surface area contributed by atoms with E-state index < -0.39 is 0 Å². The molecule has 1 atom stereocenters. The summed E-state index contributed by atoms with van der Waals surface area (Å²) < 4.78 is 24.0. The number of nitrogens with zero attached hydrogens (tertiary/aromatic N) is 3. The molecule has 0 bridgehead atoms. The van der Waals surface area contributed by atoms with Crippen molar-refractivity contribution in [2.24, 2.45) is 0 Å². The number of hydrogen-bond donors (Lipinski definition) is 2. The Bertz CT molecular complexity index is 1200. The summed E-state index contributed by atoms with van der Waals surface area (Å²) in [4.78, 5) is 19.6. The largest absolute Gasteiger partial charge is 0.493 e. The average molecular weight is 522 g/mol. The number of ether oxygens (including phenoxy) is 2. The van der Waals surface area contributed by atoms with Crippen molar-refractivity contribution in [1.82, 2.24) is 10.2 Å². The Hall–Kier alpha value is -3.98. The number of urea groups is 1. The summed E-state index contributed by atoms with van der Waals surface area (Å²) in [7, 11) is 7.16. The van der Waals surface area contributed by atoms with Crippen LogP contribution in [-0.4, -0.2) is 72.0 Å². The molecule has 38 heavy (non-hydrogen) atoms. The van der Waals surface area contributed by atoms with E-state index in [1.807, 2.05) is 26.2 Å². The fourth-order valence-corrected chi connectivity index (χ4v) is 4.67. The minimum absolute atomic E-state index is 0.00210. The van der Waals surface area contributed by atoms with Crippen molar-refractivity contribution in [2.45, 2.75) is 6.04 Å². The average Bonchev–Trinajstić information content (AvgIpc) is 2.94. The molecule has 0 saturated carbocycles. The lowest BCUT2D eigenvalue weighted by Crippen LogP contribution is -2.50. The van der Waals surface area contributed by atoms with Crippen molar-refractivity contribution < 1.29 is 18.7 Å². The second-order valence-electron chi connectivity index (χ2n) is 9.41. The van der Waals surface area contributed by atoms with Crippen LogP contribution in [0.3, 0.4) is 0 Å². The summed E-state index contributed by atoms with van der Waals surface area (Å²) in [6.07, 6.45) is 0. The zero-order chi connectivity index (χ0) is 27.1. The molecule has 1 aliphatic rings. The van der Waals surface area contributed by atoms with Crippen molar-refractivity contribution in [3.8, 4) is 11.5 Å². The van der Waals surface area contributed by atoms with Gasteiger partial charge in [-0.25, -0.2) is 9.18 Å². The van der Waals surface area contributed by atoms with Crippen LogP contribution in [-0.2, 0) is 0 Å². The van der Waals surface area contributed by atoms with E-state index in [0.717, 1.165) is 43.1 Å². The lowest BCUT2D eigenvalue weighted by Gasteiger charge is -2.40. The van der Waals surface area contributed by atoms with Crippen LogP contribution in [0.4, 0.5) is 26.2 Å². The molecule has 1 heterocycles. The van der Waals surface area contributed by atoms with Gasteiger partial charge in [-0.3, -0.25) is 4.90 Å². The Morgan fingerprint density at radius 3 is 2.18 bits per heavy atom. The molecular formula is C29H36FN5O3. The molecule has 1 saturated heterocycles. The van der Waals surface area contributed by atoms with Crippen LogP contribution >= 0.6 is 0 Å². The standard InChI is InChI=1S/C29H36FN5O3/c1-33(2)24-10-5-21(6-11-24)26(35-17-15-34(16-18-35)25-12-7-22(30)8-13-25)20-31-29(36)32-23-9-14-27(37-3)28(19-23)38-4/h5-14,19,26H,15-18,20H2,1-4H3,(H2,31,32,36). The maximum Gasteiger partial charge on any atom is 0.319 e. The van der Waals surface area contributed by atoms with Crippen LogP contribution in [0.5, 0.6) is 11.5 Å². The first-order chi connectivity index (χ1) is 18.4. The number of carbonyl (C=O) groups excluding carboxylic acids is 1. The Balaban J connectivity index is 1.44. The summed E-state index contributed by atoms with van der Waals surface area (Å²) in [5.74, 6) is 0.911. The monoisotopic (exact) mass is 521 g/mol. The van der Waals surface area contributed by atoms with Gasteiger partial charge in [-0.2, -0.15) is 0 Å². The van der Waals surface area contributed by atoms with Crippen molar-refractivity contribution >= 4 is 23.1 Å². The second kappa shape index (κ2) is 12.5. The van der Waals surface area contributed by atoms with E-state index in [9.17, 15) is 9.18 Å². The topological polar surface area (TPSA) is 69.3 Å². The Morgan fingerprint density at radius 1 is 0.921 bits per heavy atom. The molecule has 0 aromatic heterocycles. The zero-order valence-corrected chi connectivity index (χ0v) is 22.4. The van der Waals surface area contributed by atoms with E-state index in [1.54, 1.807) is 32.4 Å². The number of halogens is 1. The van der Waals surface area contributed by atoms with Gasteiger partial charge < -0.3 is 29.9 Å². The van der Waals surface area contributed by atoms with Gasteiger partial charge in [-0.1, -0.05) is 12.1 Å². The maximum absolute atomic E-state index is 13.4. The van der Waals surface area contributed by atoms with Gasteiger partial charge in [-0.05, 0) is 54.1 Å². The van der Waals surface area contributed by atoms with E-state index >= 15 is 0 Å². The summed E-state index contributed by atoms with van der Waals surface area (Å²) in [6.45, 7) is 3.70. The number of carbonyl (C=O) groups is 1. The molecule has 8 nitrogen and oxygen atoms in total. The van der Waals surface area contributed by atoms with Gasteiger partial charge in [0.1, 0.15) is 5.82 Å². The Labute approximate surface area is 223 Å². The van der Waals surface area contributed by atoms with Crippen LogP contribution in [0.15, 0.2) is 66.7 Å². The second-order valence-corrected chi connectivity index (χ2v) is 9.41. The lowest BCUT2D eigenvalue weighted by molar-refractivity contribution is 0.182. The highest BCUT2D eigenvalue weighted by molar-refractivity contribution is 5.89. The third-order valence-corrected chi connectivity index (χ3v) is 6.84. The quantitative estimate of drug-likeness (QED) is 0.429. The summed E-state index contributed by atoms with van der Waals surface area (Å²) in [5, 5.41) is 5.94. The molecule has 2 amide bonds. The zero-order valence-electron chi connectivity index (χ0n) is 22.4. The van der Waals surface area contributed by atoms with E-state index in [-0.39, 0.29) is 17.9 Å². The van der Waals surface area contributed by atoms with Gasteiger partial charge in [0.25, 0.3) is 0 Å². The number of anilines is 3. The van der Waals surface area contributed by atoms with Gasteiger partial charge in [0.2, 0.25) is 0 Å². The normalized spacial score (nSPS) is 14.5. The highest BCUT2D eigenvalue weighted by Crippen LogP contribution is 2.30. The molecule has 1 fully saturated rings. The first-order valence-corrected chi connectivity index (χ1v) is 12.7. The van der Waals surface area contributed by atoms with Crippen LogP contribution in [0, 0.1) is 5.82 Å². The van der Waals surface area contributed by atoms with Gasteiger partial charge in [0.15, 0.2) is 11.5 Å². The predicted molar refractivity (Wildman–Crippen MR) is 150 cm³/mol. The summed E-state index contributed by atoms with van der Waals surface area (Å²) >= 11 is 0. The maximum atomic E-state index is 13.4. The number of amides is 2. The molecule has 0 radical (unpaired) electrons. The molecular weight excluding hydrogens is 485 g/mol. The van der Waals surface area contributed by atoms with Crippen LogP contribution < -0.4 is 29.9 Å². The predicted octanol–water partition coefficient (Wildman–Crippen LogP) is 4.59. The molecule has 1 aliphatic heterocycles. The first kappa shape index (κ1) is 27.1. The number of piperazine rings is 1. The lowest BCUT2D eigenvalue weighted by atomic mass is 10.0. The van der Waals surface area contributed by atoms with Crippen molar-refractivity contribution in [1.29, 1.82) is 0 Å². The molecule has 2 N–H and O–H groups in total. The minimum atomic E-state index is -0.294. The smallest absolute Gasteiger partial charge is 0.319 e. The van der Waals surface area contributed by atoms with Gasteiger partial charge in [-0.15, -0.1) is 0 Å². The molecule has 0 aliphatic carbocycles. The van der Waals surface area contributed by atoms with E-state index in [1.165, 1.54) is 12.1 Å². The van der Waals surface area contributed by atoms with Crippen LogP contribution in [0.2, 0.25) is 0 Å². The fourth-order valence-electron chi connectivity index (χ4n) is 4.67. The first-order valence-electron chi connectivity index (χ1n) is 12.7. The van der Waals surface area contributed by atoms with E-state index in [2.05, 4.69) is 49.6 Å². The molecule has 202 valence electrons. The van der Waals surface area contributed by atoms with E-state index in [0.29, 0.717) is 23.7 Å². The number of rotatable bonds is 9. The van der Waals surface area contributed by atoms with Crippen molar-refractivity contribution in [3.05, 3.63) is 78.1 Å². The van der Waals surface area contributed by atoms with Crippen molar-refractivity contribution in [3.63, 3.8) is 0 Å². The number of nitrogens with one attached hydrogen (secondary N) is 2. The third kappa shape index (κ3) is 6.66. The molecule has 4 rings (SSSR count). The SMILES string of the molecule is COc1ccc(NC(=O)NCC(c2ccc(N(C)C)cc2)N2CCN(c3ccc(F)cc3)CC2)cc1OC. The Kier molecular flexibility index (Phi) is 8.91. The number of hydrogen-bond acceptors (Lipinski definition) is 6. The molecule has 3 aromatic rings. The third-order valence-electron chi connectivity index (χ3n) is 6.84. The van der Waals surface area contributed by atoms with E-state index in [4.69, 9.17) is 9.47 Å². The molecule has 3 aromatic carbocycles. The molecule has 9 heteroatoms. The minimum Gasteiger partial charge on any atom is -0.493 e. The van der Waals surface area contributed by atoms with Crippen molar-refractivity contribution in [2.75, 3.05) is 76.2 Å². The highest BCUT2D eigenvalue weighted by Gasteiger charge is 2.26. The number of methoxy groups -OCH3 is 2. The fraction of sp³-hybridized carbons (Fsp3) is 0.345. The van der Waals surface area contributed by atoms with Gasteiger partial charge >= 0.3 is 6.03 Å².